The lowest BCUT2D eigenvalue weighted by molar-refractivity contribution is 0.117. The van der Waals surface area contributed by atoms with E-state index in [9.17, 15) is 0 Å². The number of hydrogen-bond acceptors (Lipinski definition) is 3. The zero-order valence-corrected chi connectivity index (χ0v) is 17.1. The van der Waals surface area contributed by atoms with Crippen LogP contribution in [0.1, 0.15) is 64.5 Å². The van der Waals surface area contributed by atoms with Crippen LogP contribution in [0.25, 0.3) is 0 Å². The molecule has 3 heteroatoms. The lowest BCUT2D eigenvalue weighted by Gasteiger charge is -2.38. The van der Waals surface area contributed by atoms with Crippen LogP contribution in [0.2, 0.25) is 0 Å². The molecule has 0 radical (unpaired) electrons. The Labute approximate surface area is 155 Å². The molecule has 2 saturated heterocycles. The molecule has 3 rings (SSSR count). The highest BCUT2D eigenvalue weighted by Gasteiger charge is 2.25. The Morgan fingerprint density at radius 2 is 1.76 bits per heavy atom. The second kappa shape index (κ2) is 10.2. The van der Waals surface area contributed by atoms with Gasteiger partial charge < -0.3 is 10.2 Å². The number of rotatable bonds is 5. The van der Waals surface area contributed by atoms with E-state index in [-0.39, 0.29) is 0 Å². The second-order valence-electron chi connectivity index (χ2n) is 7.57. The molecule has 2 aliphatic rings. The Bertz CT molecular complexity index is 500. The molecular weight excluding hydrogens is 306 g/mol. The normalized spacial score (nSPS) is 18.6. The molecule has 2 aliphatic heterocycles. The van der Waals surface area contributed by atoms with Gasteiger partial charge in [-0.25, -0.2) is 0 Å². The van der Waals surface area contributed by atoms with Crippen molar-refractivity contribution in [2.24, 2.45) is 0 Å². The minimum absolute atomic E-state index is 0.603. The molecule has 25 heavy (non-hydrogen) atoms. The van der Waals surface area contributed by atoms with Crippen molar-refractivity contribution < 1.29 is 0 Å². The first kappa shape index (κ1) is 20.3. The highest BCUT2D eigenvalue weighted by atomic mass is 15.2. The molecule has 1 N–H and O–H groups in total. The standard InChI is InChI=1S/C20H33N3.C2H6/c1-16(2)23(19-8-10-21-11-9-19)15-18-7-6-17(3)14-20(18)22-12-4-5-13-22;1-2/h6-7,14,16,19,21H,4-5,8-13,15H2,1-3H3;1-2H3. The highest BCUT2D eigenvalue weighted by molar-refractivity contribution is 5.56. The van der Waals surface area contributed by atoms with E-state index in [4.69, 9.17) is 0 Å². The first-order chi connectivity index (χ1) is 12.1. The first-order valence-corrected chi connectivity index (χ1v) is 10.5. The molecule has 0 amide bonds. The molecule has 142 valence electrons. The summed E-state index contributed by atoms with van der Waals surface area (Å²) >= 11 is 0. The van der Waals surface area contributed by atoms with Crippen molar-refractivity contribution in [3.63, 3.8) is 0 Å². The predicted octanol–water partition coefficient (Wildman–Crippen LogP) is 4.58. The quantitative estimate of drug-likeness (QED) is 0.842. The summed E-state index contributed by atoms with van der Waals surface area (Å²) in [6.07, 6.45) is 5.25. The van der Waals surface area contributed by atoms with E-state index in [0.29, 0.717) is 6.04 Å². The summed E-state index contributed by atoms with van der Waals surface area (Å²) in [6.45, 7) is 16.8. The minimum Gasteiger partial charge on any atom is -0.371 e. The molecular formula is C22H39N3. The molecule has 0 bridgehead atoms. The third kappa shape index (κ3) is 5.46. The van der Waals surface area contributed by atoms with E-state index in [0.717, 1.165) is 12.6 Å². The van der Waals surface area contributed by atoms with Gasteiger partial charge in [0.15, 0.2) is 0 Å². The van der Waals surface area contributed by atoms with Gasteiger partial charge in [0.1, 0.15) is 0 Å². The number of anilines is 1. The van der Waals surface area contributed by atoms with E-state index in [1.807, 2.05) is 13.8 Å². The average molecular weight is 346 g/mol. The summed E-state index contributed by atoms with van der Waals surface area (Å²) in [7, 11) is 0. The zero-order valence-electron chi connectivity index (χ0n) is 17.1. The Balaban J connectivity index is 0.00000109. The van der Waals surface area contributed by atoms with Crippen LogP contribution in [0.4, 0.5) is 5.69 Å². The predicted molar refractivity (Wildman–Crippen MR) is 111 cm³/mol. The molecule has 3 nitrogen and oxygen atoms in total. The minimum atomic E-state index is 0.603. The molecule has 0 aliphatic carbocycles. The molecule has 2 fully saturated rings. The molecule has 1 aromatic rings. The van der Waals surface area contributed by atoms with Gasteiger partial charge in [-0.1, -0.05) is 26.0 Å². The van der Waals surface area contributed by atoms with Gasteiger partial charge in [0, 0.05) is 37.4 Å². The maximum atomic E-state index is 3.50. The Kier molecular flexibility index (Phi) is 8.25. The smallest absolute Gasteiger partial charge is 0.0414 e. The van der Waals surface area contributed by atoms with Crippen LogP contribution in [0, 0.1) is 6.92 Å². The van der Waals surface area contributed by atoms with E-state index in [1.54, 1.807) is 0 Å². The number of hydrogen-bond donors (Lipinski definition) is 1. The molecule has 1 aromatic carbocycles. The lowest BCUT2D eigenvalue weighted by atomic mass is 10.0. The molecule has 0 spiro atoms. The Morgan fingerprint density at radius 3 is 2.36 bits per heavy atom. The van der Waals surface area contributed by atoms with Crippen LogP contribution >= 0.6 is 0 Å². The third-order valence-electron chi connectivity index (χ3n) is 5.48. The first-order valence-electron chi connectivity index (χ1n) is 10.5. The topological polar surface area (TPSA) is 18.5 Å². The zero-order chi connectivity index (χ0) is 18.2. The fourth-order valence-corrected chi connectivity index (χ4v) is 4.13. The largest absolute Gasteiger partial charge is 0.371 e. The van der Waals surface area contributed by atoms with Crippen LogP contribution in [0.3, 0.4) is 0 Å². The average Bonchev–Trinajstić information content (AvgIpc) is 3.17. The van der Waals surface area contributed by atoms with Crippen molar-refractivity contribution in [1.82, 2.24) is 10.2 Å². The van der Waals surface area contributed by atoms with Crippen molar-refractivity contribution in [1.29, 1.82) is 0 Å². The van der Waals surface area contributed by atoms with Gasteiger partial charge in [0.25, 0.3) is 0 Å². The molecule has 0 atom stereocenters. The van der Waals surface area contributed by atoms with Crippen LogP contribution in [-0.4, -0.2) is 43.2 Å². The van der Waals surface area contributed by atoms with Gasteiger partial charge in [-0.15, -0.1) is 0 Å². The summed E-state index contributed by atoms with van der Waals surface area (Å²) in [5.41, 5.74) is 4.39. The van der Waals surface area contributed by atoms with Gasteiger partial charge in [-0.2, -0.15) is 0 Å². The van der Waals surface area contributed by atoms with Crippen LogP contribution in [0.5, 0.6) is 0 Å². The second-order valence-corrected chi connectivity index (χ2v) is 7.57. The van der Waals surface area contributed by atoms with Crippen molar-refractivity contribution in [2.45, 2.75) is 78.9 Å². The monoisotopic (exact) mass is 345 g/mol. The van der Waals surface area contributed by atoms with E-state index >= 15 is 0 Å². The van der Waals surface area contributed by atoms with E-state index in [2.05, 4.69) is 54.1 Å². The van der Waals surface area contributed by atoms with Crippen LogP contribution < -0.4 is 10.2 Å². The molecule has 0 saturated carbocycles. The fourth-order valence-electron chi connectivity index (χ4n) is 4.13. The fraction of sp³-hybridized carbons (Fsp3) is 0.727. The van der Waals surface area contributed by atoms with Gasteiger partial charge in [-0.05, 0) is 76.7 Å². The van der Waals surface area contributed by atoms with Crippen molar-refractivity contribution >= 4 is 5.69 Å². The van der Waals surface area contributed by atoms with Gasteiger partial charge >= 0.3 is 0 Å². The summed E-state index contributed by atoms with van der Waals surface area (Å²) in [4.78, 5) is 5.33. The van der Waals surface area contributed by atoms with Gasteiger partial charge in [0.2, 0.25) is 0 Å². The van der Waals surface area contributed by atoms with Crippen LogP contribution in [-0.2, 0) is 6.54 Å². The Hall–Kier alpha value is -1.06. The van der Waals surface area contributed by atoms with Crippen molar-refractivity contribution in [3.05, 3.63) is 29.3 Å². The number of piperidine rings is 1. The maximum absolute atomic E-state index is 3.50. The SMILES string of the molecule is CC.Cc1ccc(CN(C(C)C)C2CCNCC2)c(N2CCCC2)c1. The van der Waals surface area contributed by atoms with Crippen LogP contribution in [0.15, 0.2) is 18.2 Å². The summed E-state index contributed by atoms with van der Waals surface area (Å²) < 4.78 is 0. The number of nitrogens with one attached hydrogen (secondary N) is 1. The lowest BCUT2D eigenvalue weighted by Crippen LogP contribution is -2.46. The molecule has 0 unspecified atom stereocenters. The maximum Gasteiger partial charge on any atom is 0.0414 e. The highest BCUT2D eigenvalue weighted by Crippen LogP contribution is 2.29. The van der Waals surface area contributed by atoms with E-state index in [1.165, 1.54) is 68.7 Å². The van der Waals surface area contributed by atoms with E-state index < -0.39 is 0 Å². The Morgan fingerprint density at radius 1 is 1.12 bits per heavy atom. The van der Waals surface area contributed by atoms with Crippen molar-refractivity contribution in [3.8, 4) is 0 Å². The third-order valence-corrected chi connectivity index (χ3v) is 5.48. The summed E-state index contributed by atoms with van der Waals surface area (Å²) in [6, 6.07) is 8.39. The number of nitrogens with zero attached hydrogens (tertiary/aromatic N) is 2. The van der Waals surface area contributed by atoms with Gasteiger partial charge in [0.05, 0.1) is 0 Å². The van der Waals surface area contributed by atoms with Gasteiger partial charge in [-0.3, -0.25) is 4.90 Å². The number of benzene rings is 1. The van der Waals surface area contributed by atoms with Crippen molar-refractivity contribution in [2.75, 3.05) is 31.1 Å². The molecule has 2 heterocycles. The summed E-state index contributed by atoms with van der Waals surface area (Å²) in [5.74, 6) is 0. The number of aryl methyl sites for hydroxylation is 1. The summed E-state index contributed by atoms with van der Waals surface area (Å²) in [5, 5.41) is 3.50. The molecule has 0 aromatic heterocycles.